The SMILES string of the molecule is CCOC(=O)c1ccc(NCC(c2cccc(OC)c2)N(C)C)nc1. The van der Waals surface area contributed by atoms with Crippen molar-refractivity contribution in [3.05, 3.63) is 53.7 Å². The van der Waals surface area contributed by atoms with Gasteiger partial charge in [-0.15, -0.1) is 0 Å². The Morgan fingerprint density at radius 3 is 2.68 bits per heavy atom. The number of benzene rings is 1. The smallest absolute Gasteiger partial charge is 0.339 e. The van der Waals surface area contributed by atoms with Crippen LogP contribution in [0.5, 0.6) is 5.75 Å². The van der Waals surface area contributed by atoms with E-state index in [9.17, 15) is 4.79 Å². The van der Waals surface area contributed by atoms with Crippen molar-refractivity contribution in [2.24, 2.45) is 0 Å². The molecule has 0 radical (unpaired) electrons. The van der Waals surface area contributed by atoms with Crippen LogP contribution in [0.1, 0.15) is 28.9 Å². The van der Waals surface area contributed by atoms with Crippen LogP contribution in [0.15, 0.2) is 42.6 Å². The van der Waals surface area contributed by atoms with Crippen LogP contribution in [0.4, 0.5) is 5.82 Å². The molecule has 2 rings (SSSR count). The number of hydrogen-bond donors (Lipinski definition) is 1. The minimum absolute atomic E-state index is 0.154. The van der Waals surface area contributed by atoms with Gasteiger partial charge < -0.3 is 19.7 Å². The molecule has 1 atom stereocenters. The number of hydrogen-bond acceptors (Lipinski definition) is 6. The minimum atomic E-state index is -0.357. The Labute approximate surface area is 148 Å². The highest BCUT2D eigenvalue weighted by molar-refractivity contribution is 5.89. The fraction of sp³-hybridized carbons (Fsp3) is 0.368. The highest BCUT2D eigenvalue weighted by Crippen LogP contribution is 2.23. The Morgan fingerprint density at radius 1 is 1.28 bits per heavy atom. The predicted molar refractivity (Wildman–Crippen MR) is 98.1 cm³/mol. The van der Waals surface area contributed by atoms with Crippen molar-refractivity contribution in [1.82, 2.24) is 9.88 Å². The highest BCUT2D eigenvalue weighted by Gasteiger charge is 2.15. The maximum absolute atomic E-state index is 11.7. The van der Waals surface area contributed by atoms with E-state index in [0.29, 0.717) is 24.5 Å². The lowest BCUT2D eigenvalue weighted by Gasteiger charge is -2.25. The van der Waals surface area contributed by atoms with E-state index in [1.807, 2.05) is 32.3 Å². The number of esters is 1. The first kappa shape index (κ1) is 18.7. The van der Waals surface area contributed by atoms with Gasteiger partial charge in [0.25, 0.3) is 0 Å². The molecule has 0 fully saturated rings. The summed E-state index contributed by atoms with van der Waals surface area (Å²) in [5.74, 6) is 1.19. The molecule has 0 bridgehead atoms. The molecule has 0 aliphatic heterocycles. The summed E-state index contributed by atoms with van der Waals surface area (Å²) in [7, 11) is 5.73. The molecular weight excluding hydrogens is 318 g/mol. The van der Waals surface area contributed by atoms with Gasteiger partial charge in [0, 0.05) is 12.7 Å². The standard InChI is InChI=1S/C19H25N3O3/c1-5-25-19(23)15-9-10-18(20-12-15)21-13-17(22(2)3)14-7-6-8-16(11-14)24-4/h6-12,17H,5,13H2,1-4H3,(H,20,21). The second kappa shape index (κ2) is 9.03. The zero-order valence-corrected chi connectivity index (χ0v) is 15.2. The van der Waals surface area contributed by atoms with E-state index in [4.69, 9.17) is 9.47 Å². The number of methoxy groups -OCH3 is 1. The van der Waals surface area contributed by atoms with Crippen LogP contribution < -0.4 is 10.1 Å². The molecule has 1 heterocycles. The van der Waals surface area contributed by atoms with E-state index in [1.54, 1.807) is 26.2 Å². The summed E-state index contributed by atoms with van der Waals surface area (Å²) < 4.78 is 10.3. The van der Waals surface area contributed by atoms with Crippen LogP contribution >= 0.6 is 0 Å². The maximum Gasteiger partial charge on any atom is 0.339 e. The first-order valence-electron chi connectivity index (χ1n) is 8.22. The molecule has 2 aromatic rings. The number of likely N-dealkylation sites (N-methyl/N-ethyl adjacent to an activating group) is 1. The lowest BCUT2D eigenvalue weighted by molar-refractivity contribution is 0.0526. The monoisotopic (exact) mass is 343 g/mol. The van der Waals surface area contributed by atoms with Crippen molar-refractivity contribution in [3.8, 4) is 5.75 Å². The largest absolute Gasteiger partial charge is 0.497 e. The van der Waals surface area contributed by atoms with E-state index < -0.39 is 0 Å². The Balaban J connectivity index is 2.04. The number of ether oxygens (including phenoxy) is 2. The van der Waals surface area contributed by atoms with Crippen molar-refractivity contribution >= 4 is 11.8 Å². The van der Waals surface area contributed by atoms with Crippen molar-refractivity contribution in [3.63, 3.8) is 0 Å². The first-order chi connectivity index (χ1) is 12.0. The van der Waals surface area contributed by atoms with Crippen LogP contribution in [0.3, 0.4) is 0 Å². The van der Waals surface area contributed by atoms with Gasteiger partial charge in [0.15, 0.2) is 0 Å². The summed E-state index contributed by atoms with van der Waals surface area (Å²) in [6.07, 6.45) is 1.52. The third-order valence-electron chi connectivity index (χ3n) is 3.85. The second-order valence-electron chi connectivity index (χ2n) is 5.79. The molecule has 6 heteroatoms. The zero-order valence-electron chi connectivity index (χ0n) is 15.2. The molecule has 6 nitrogen and oxygen atoms in total. The molecule has 25 heavy (non-hydrogen) atoms. The van der Waals surface area contributed by atoms with Crippen LogP contribution in [0, 0.1) is 0 Å². The molecule has 0 spiro atoms. The molecule has 1 aromatic carbocycles. The van der Waals surface area contributed by atoms with E-state index in [-0.39, 0.29) is 12.0 Å². The Morgan fingerprint density at radius 2 is 2.08 bits per heavy atom. The molecule has 134 valence electrons. The van der Waals surface area contributed by atoms with Gasteiger partial charge >= 0.3 is 5.97 Å². The number of nitrogens with zero attached hydrogens (tertiary/aromatic N) is 2. The Hall–Kier alpha value is -2.60. The van der Waals surface area contributed by atoms with Crippen LogP contribution in [0.2, 0.25) is 0 Å². The van der Waals surface area contributed by atoms with Gasteiger partial charge in [0.05, 0.1) is 25.3 Å². The Bertz CT molecular complexity index is 687. The molecule has 0 saturated carbocycles. The summed E-state index contributed by atoms with van der Waals surface area (Å²) in [5, 5.41) is 3.31. The summed E-state index contributed by atoms with van der Waals surface area (Å²) >= 11 is 0. The fourth-order valence-electron chi connectivity index (χ4n) is 2.48. The van der Waals surface area contributed by atoms with Gasteiger partial charge in [-0.25, -0.2) is 9.78 Å². The summed E-state index contributed by atoms with van der Waals surface area (Å²) in [6.45, 7) is 2.80. The molecule has 1 aromatic heterocycles. The molecular formula is C19H25N3O3. The van der Waals surface area contributed by atoms with Crippen molar-refractivity contribution in [2.45, 2.75) is 13.0 Å². The van der Waals surface area contributed by atoms with E-state index in [0.717, 1.165) is 11.3 Å². The van der Waals surface area contributed by atoms with Gasteiger partial charge in [-0.1, -0.05) is 12.1 Å². The number of anilines is 1. The van der Waals surface area contributed by atoms with Gasteiger partial charge in [-0.3, -0.25) is 0 Å². The quantitative estimate of drug-likeness (QED) is 0.744. The number of nitrogens with one attached hydrogen (secondary N) is 1. The molecule has 0 aliphatic carbocycles. The summed E-state index contributed by atoms with van der Waals surface area (Å²) in [4.78, 5) is 18.1. The number of aromatic nitrogens is 1. The third kappa shape index (κ3) is 5.19. The molecule has 1 unspecified atom stereocenters. The molecule has 0 saturated heterocycles. The lowest BCUT2D eigenvalue weighted by Crippen LogP contribution is -2.27. The number of rotatable bonds is 8. The van der Waals surface area contributed by atoms with E-state index >= 15 is 0 Å². The lowest BCUT2D eigenvalue weighted by atomic mass is 10.1. The topological polar surface area (TPSA) is 63.7 Å². The van der Waals surface area contributed by atoms with Crippen molar-refractivity contribution in [1.29, 1.82) is 0 Å². The minimum Gasteiger partial charge on any atom is -0.497 e. The van der Waals surface area contributed by atoms with Crippen LogP contribution in [-0.2, 0) is 4.74 Å². The molecule has 0 amide bonds. The van der Waals surface area contributed by atoms with E-state index in [2.05, 4.69) is 21.3 Å². The van der Waals surface area contributed by atoms with Gasteiger partial charge in [-0.2, -0.15) is 0 Å². The van der Waals surface area contributed by atoms with Crippen LogP contribution in [-0.4, -0.2) is 50.2 Å². The van der Waals surface area contributed by atoms with Crippen molar-refractivity contribution in [2.75, 3.05) is 39.7 Å². The molecule has 1 N–H and O–H groups in total. The zero-order chi connectivity index (χ0) is 18.2. The summed E-state index contributed by atoms with van der Waals surface area (Å²) in [5.41, 5.74) is 1.60. The van der Waals surface area contributed by atoms with E-state index in [1.165, 1.54) is 6.20 Å². The average molecular weight is 343 g/mol. The highest BCUT2D eigenvalue weighted by atomic mass is 16.5. The maximum atomic E-state index is 11.7. The normalized spacial score (nSPS) is 11.9. The van der Waals surface area contributed by atoms with Crippen molar-refractivity contribution < 1.29 is 14.3 Å². The van der Waals surface area contributed by atoms with Crippen LogP contribution in [0.25, 0.3) is 0 Å². The number of carbonyl (C=O) groups is 1. The first-order valence-corrected chi connectivity index (χ1v) is 8.22. The third-order valence-corrected chi connectivity index (χ3v) is 3.85. The number of pyridine rings is 1. The van der Waals surface area contributed by atoms with Gasteiger partial charge in [-0.05, 0) is 50.8 Å². The number of carbonyl (C=O) groups excluding carboxylic acids is 1. The summed E-state index contributed by atoms with van der Waals surface area (Å²) in [6, 6.07) is 11.7. The Kier molecular flexibility index (Phi) is 6.77. The average Bonchev–Trinajstić information content (AvgIpc) is 2.62. The van der Waals surface area contributed by atoms with Gasteiger partial charge in [0.2, 0.25) is 0 Å². The fourth-order valence-corrected chi connectivity index (χ4v) is 2.48. The second-order valence-corrected chi connectivity index (χ2v) is 5.79. The molecule has 0 aliphatic rings. The predicted octanol–water partition coefficient (Wildman–Crippen LogP) is 2.98. The van der Waals surface area contributed by atoms with Gasteiger partial charge in [0.1, 0.15) is 11.6 Å².